The van der Waals surface area contributed by atoms with E-state index in [-0.39, 0.29) is 6.42 Å². The van der Waals surface area contributed by atoms with Crippen LogP contribution in [-0.4, -0.2) is 17.2 Å². The van der Waals surface area contributed by atoms with Gasteiger partial charge in [0.1, 0.15) is 5.75 Å². The first-order valence-electron chi connectivity index (χ1n) is 6.46. The molecule has 0 unspecified atom stereocenters. The smallest absolute Gasteiger partial charge is 0.345 e. The van der Waals surface area contributed by atoms with Gasteiger partial charge in [-0.05, 0) is 48.4 Å². The second-order valence-electron chi connectivity index (χ2n) is 4.81. The molecule has 0 aliphatic heterocycles. The van der Waals surface area contributed by atoms with Crippen LogP contribution in [0.3, 0.4) is 0 Å². The molecule has 2 rings (SSSR count). The molecular formula is C16H13Cl3O3. The molecule has 0 aliphatic rings. The van der Waals surface area contributed by atoms with E-state index < -0.39 is 12.1 Å². The van der Waals surface area contributed by atoms with Gasteiger partial charge in [-0.1, -0.05) is 40.9 Å². The van der Waals surface area contributed by atoms with Gasteiger partial charge in [0.15, 0.2) is 6.10 Å². The Labute approximate surface area is 143 Å². The lowest BCUT2D eigenvalue weighted by Gasteiger charge is -2.16. The number of aliphatic carboxylic acids is 1. The lowest BCUT2D eigenvalue weighted by molar-refractivity contribution is -0.145. The highest BCUT2D eigenvalue weighted by Gasteiger charge is 2.20. The lowest BCUT2D eigenvalue weighted by atomic mass is 10.1. The van der Waals surface area contributed by atoms with Crippen molar-refractivity contribution < 1.29 is 14.6 Å². The number of carboxylic acid groups (broad SMARTS) is 1. The van der Waals surface area contributed by atoms with Gasteiger partial charge in [0.2, 0.25) is 0 Å². The lowest BCUT2D eigenvalue weighted by Crippen LogP contribution is -2.29. The largest absolute Gasteiger partial charge is 0.478 e. The molecule has 0 aliphatic carbocycles. The Morgan fingerprint density at radius 1 is 1.09 bits per heavy atom. The summed E-state index contributed by atoms with van der Waals surface area (Å²) in [7, 11) is 0. The molecule has 0 saturated heterocycles. The predicted molar refractivity (Wildman–Crippen MR) is 88.4 cm³/mol. The van der Waals surface area contributed by atoms with Crippen LogP contribution in [0.5, 0.6) is 5.75 Å². The number of hydrogen-bond acceptors (Lipinski definition) is 2. The van der Waals surface area contributed by atoms with Crippen LogP contribution in [0.2, 0.25) is 15.1 Å². The van der Waals surface area contributed by atoms with Crippen molar-refractivity contribution >= 4 is 40.8 Å². The van der Waals surface area contributed by atoms with E-state index in [0.717, 1.165) is 11.1 Å². The first-order chi connectivity index (χ1) is 10.4. The molecule has 0 spiro atoms. The topological polar surface area (TPSA) is 46.5 Å². The summed E-state index contributed by atoms with van der Waals surface area (Å²) in [4.78, 5) is 11.4. The van der Waals surface area contributed by atoms with Crippen molar-refractivity contribution in [2.45, 2.75) is 19.4 Å². The highest BCUT2D eigenvalue weighted by molar-refractivity contribution is 6.42. The average Bonchev–Trinajstić information content (AvgIpc) is 2.46. The van der Waals surface area contributed by atoms with E-state index in [1.807, 2.05) is 6.92 Å². The molecule has 1 atom stereocenters. The van der Waals surface area contributed by atoms with Crippen molar-refractivity contribution in [3.8, 4) is 5.75 Å². The van der Waals surface area contributed by atoms with Crippen molar-refractivity contribution in [1.29, 1.82) is 0 Å². The number of benzene rings is 2. The van der Waals surface area contributed by atoms with Gasteiger partial charge >= 0.3 is 5.97 Å². The summed E-state index contributed by atoms with van der Waals surface area (Å²) < 4.78 is 5.55. The molecular weight excluding hydrogens is 347 g/mol. The van der Waals surface area contributed by atoms with Crippen LogP contribution in [0.1, 0.15) is 11.1 Å². The molecule has 1 N–H and O–H groups in total. The Morgan fingerprint density at radius 2 is 1.77 bits per heavy atom. The molecule has 0 amide bonds. The zero-order chi connectivity index (χ0) is 16.3. The second kappa shape index (κ2) is 7.23. The summed E-state index contributed by atoms with van der Waals surface area (Å²) in [6.07, 6.45) is -0.855. The van der Waals surface area contributed by atoms with Gasteiger partial charge in [-0.15, -0.1) is 0 Å². The summed E-state index contributed by atoms with van der Waals surface area (Å²) in [5, 5.41) is 10.7. The van der Waals surface area contributed by atoms with Crippen LogP contribution < -0.4 is 4.74 Å². The molecule has 2 aromatic rings. The number of ether oxygens (including phenoxy) is 1. The number of rotatable bonds is 5. The van der Waals surface area contributed by atoms with Gasteiger partial charge < -0.3 is 9.84 Å². The molecule has 0 saturated carbocycles. The molecule has 2 aromatic carbocycles. The fourth-order valence-electron chi connectivity index (χ4n) is 1.91. The van der Waals surface area contributed by atoms with Crippen molar-refractivity contribution in [1.82, 2.24) is 0 Å². The first-order valence-corrected chi connectivity index (χ1v) is 7.59. The minimum absolute atomic E-state index is 0.175. The maximum absolute atomic E-state index is 11.4. The Kier molecular flexibility index (Phi) is 5.57. The van der Waals surface area contributed by atoms with E-state index in [1.54, 1.807) is 36.4 Å². The zero-order valence-corrected chi connectivity index (χ0v) is 13.9. The summed E-state index contributed by atoms with van der Waals surface area (Å²) in [6.45, 7) is 1.82. The Hall–Kier alpha value is -1.42. The van der Waals surface area contributed by atoms with Crippen LogP contribution >= 0.6 is 34.8 Å². The van der Waals surface area contributed by atoms with Crippen molar-refractivity contribution in [2.24, 2.45) is 0 Å². The standard InChI is InChI=1S/C16H13Cl3O3/c1-9-6-11(3-5-12(9)17)22-15(16(20)21)8-10-2-4-13(18)14(19)7-10/h2-7,15H,8H2,1H3,(H,20,21)/t15-/m1/s1. The first kappa shape index (κ1) is 16.9. The van der Waals surface area contributed by atoms with E-state index in [1.165, 1.54) is 0 Å². The third-order valence-corrected chi connectivity index (χ3v) is 4.25. The van der Waals surface area contributed by atoms with Crippen molar-refractivity contribution in [3.63, 3.8) is 0 Å². The van der Waals surface area contributed by atoms with Crippen molar-refractivity contribution in [3.05, 3.63) is 62.6 Å². The van der Waals surface area contributed by atoms with Crippen LogP contribution in [0.15, 0.2) is 36.4 Å². The van der Waals surface area contributed by atoms with Gasteiger partial charge in [0, 0.05) is 11.4 Å². The molecule has 0 radical (unpaired) electrons. The number of carboxylic acids is 1. The molecule has 116 valence electrons. The average molecular weight is 360 g/mol. The summed E-state index contributed by atoms with van der Waals surface area (Å²) >= 11 is 17.7. The number of carbonyl (C=O) groups is 1. The maximum atomic E-state index is 11.4. The molecule has 0 fully saturated rings. The highest BCUT2D eigenvalue weighted by Crippen LogP contribution is 2.25. The molecule has 3 nitrogen and oxygen atoms in total. The molecule has 0 bridgehead atoms. The number of aryl methyl sites for hydroxylation is 1. The minimum Gasteiger partial charge on any atom is -0.478 e. The Balaban J connectivity index is 2.17. The summed E-state index contributed by atoms with van der Waals surface area (Å²) in [5.41, 5.74) is 1.55. The Morgan fingerprint density at radius 3 is 2.36 bits per heavy atom. The van der Waals surface area contributed by atoms with Gasteiger partial charge in [-0.25, -0.2) is 4.79 Å². The van der Waals surface area contributed by atoms with Crippen LogP contribution in [-0.2, 0) is 11.2 Å². The third-order valence-electron chi connectivity index (χ3n) is 3.09. The van der Waals surface area contributed by atoms with E-state index in [9.17, 15) is 9.90 Å². The molecule has 0 heterocycles. The maximum Gasteiger partial charge on any atom is 0.345 e. The van der Waals surface area contributed by atoms with Crippen molar-refractivity contribution in [2.75, 3.05) is 0 Å². The number of hydrogen-bond donors (Lipinski definition) is 1. The van der Waals surface area contributed by atoms with Gasteiger partial charge in [0.25, 0.3) is 0 Å². The highest BCUT2D eigenvalue weighted by atomic mass is 35.5. The van der Waals surface area contributed by atoms with E-state index in [2.05, 4.69) is 0 Å². The fourth-order valence-corrected chi connectivity index (χ4v) is 2.35. The normalized spacial score (nSPS) is 12.0. The third kappa shape index (κ3) is 4.29. The predicted octanol–water partition coefficient (Wildman–Crippen LogP) is 5.03. The van der Waals surface area contributed by atoms with Crippen LogP contribution in [0.25, 0.3) is 0 Å². The minimum atomic E-state index is -1.06. The molecule has 6 heteroatoms. The van der Waals surface area contributed by atoms with Gasteiger partial charge in [-0.2, -0.15) is 0 Å². The van der Waals surface area contributed by atoms with Gasteiger partial charge in [0.05, 0.1) is 10.0 Å². The second-order valence-corrected chi connectivity index (χ2v) is 6.03. The molecule has 0 aromatic heterocycles. The van der Waals surface area contributed by atoms with Gasteiger partial charge in [-0.3, -0.25) is 0 Å². The van der Waals surface area contributed by atoms with E-state index in [0.29, 0.717) is 20.8 Å². The van der Waals surface area contributed by atoms with E-state index >= 15 is 0 Å². The van der Waals surface area contributed by atoms with Crippen LogP contribution in [0.4, 0.5) is 0 Å². The monoisotopic (exact) mass is 358 g/mol. The van der Waals surface area contributed by atoms with Crippen LogP contribution in [0, 0.1) is 6.92 Å². The zero-order valence-electron chi connectivity index (χ0n) is 11.6. The SMILES string of the molecule is Cc1cc(O[C@H](Cc2ccc(Cl)c(Cl)c2)C(=O)O)ccc1Cl. The quantitative estimate of drug-likeness (QED) is 0.814. The molecule has 22 heavy (non-hydrogen) atoms. The fraction of sp³-hybridized carbons (Fsp3) is 0.188. The Bertz CT molecular complexity index is 648. The number of halogens is 3. The summed E-state index contributed by atoms with van der Waals surface area (Å²) in [5.74, 6) is -0.604. The van der Waals surface area contributed by atoms with E-state index in [4.69, 9.17) is 39.5 Å². The summed E-state index contributed by atoms with van der Waals surface area (Å²) in [6, 6.07) is 10.00.